The molecule has 0 spiro atoms. The van der Waals surface area contributed by atoms with E-state index in [1.807, 2.05) is 0 Å². The number of urea groups is 1. The van der Waals surface area contributed by atoms with Crippen molar-refractivity contribution in [3.63, 3.8) is 0 Å². The van der Waals surface area contributed by atoms with E-state index in [-0.39, 0.29) is 11.5 Å². The molecule has 0 aromatic heterocycles. The molecule has 0 saturated carbocycles. The number of aliphatic carboxylic acids is 2. The molecule has 10 heteroatoms. The normalized spacial score (nSPS) is 10.3. The van der Waals surface area contributed by atoms with Crippen LogP contribution >= 0.6 is 20.0 Å². The van der Waals surface area contributed by atoms with Crippen molar-refractivity contribution >= 4 is 60.4 Å². The number of carboxylic acids is 2. The van der Waals surface area contributed by atoms with Gasteiger partial charge in [-0.3, -0.25) is 0 Å². The molecule has 1 rings (SSSR count). The van der Waals surface area contributed by atoms with E-state index in [0.717, 1.165) is 4.35 Å². The number of anilines is 1. The van der Waals surface area contributed by atoms with E-state index in [4.69, 9.17) is 15.9 Å². The van der Waals surface area contributed by atoms with Crippen LogP contribution in [-0.4, -0.2) is 52.0 Å². The van der Waals surface area contributed by atoms with Crippen molar-refractivity contribution in [2.75, 3.05) is 16.8 Å². The zero-order chi connectivity index (χ0) is 15.8. The number of hydrogen-bond acceptors (Lipinski definition) is 5. The zero-order valence-electron chi connectivity index (χ0n) is 10.7. The Balaban J connectivity index is 2.77. The van der Waals surface area contributed by atoms with Gasteiger partial charge in [-0.25, -0.2) is 0 Å². The van der Waals surface area contributed by atoms with Gasteiger partial charge in [0.2, 0.25) is 0 Å². The Kier molecular flexibility index (Phi) is 7.49. The van der Waals surface area contributed by atoms with Crippen LogP contribution in [0.1, 0.15) is 0 Å². The summed E-state index contributed by atoms with van der Waals surface area (Å²) in [5.41, 5.74) is 5.54. The van der Waals surface area contributed by atoms with Gasteiger partial charge in [-0.05, 0) is 0 Å². The third-order valence-corrected chi connectivity index (χ3v) is 14.7. The van der Waals surface area contributed by atoms with Crippen molar-refractivity contribution < 1.29 is 24.6 Å². The van der Waals surface area contributed by atoms with E-state index in [2.05, 4.69) is 5.32 Å². The van der Waals surface area contributed by atoms with Gasteiger partial charge < -0.3 is 0 Å². The summed E-state index contributed by atoms with van der Waals surface area (Å²) in [5.74, 6) is -1.98. The average molecular weight is 392 g/mol. The molecule has 0 aliphatic rings. The molecule has 0 aliphatic carbocycles. The maximum atomic E-state index is 10.7. The van der Waals surface area contributed by atoms with Gasteiger partial charge in [0.1, 0.15) is 0 Å². The van der Waals surface area contributed by atoms with Gasteiger partial charge in [0, 0.05) is 0 Å². The fourth-order valence-corrected chi connectivity index (χ4v) is 12.2. The number of rotatable bonds is 8. The molecule has 1 aromatic rings. The maximum absolute atomic E-state index is 10.7. The molecule has 114 valence electrons. The van der Waals surface area contributed by atoms with Crippen molar-refractivity contribution in [1.29, 1.82) is 0 Å². The number of primary amides is 1. The quantitative estimate of drug-likeness (QED) is 0.474. The van der Waals surface area contributed by atoms with Gasteiger partial charge >= 0.3 is 132 Å². The third-order valence-electron chi connectivity index (χ3n) is 1.96. The Morgan fingerprint density at radius 1 is 1.05 bits per heavy atom. The molecule has 0 bridgehead atoms. The van der Waals surface area contributed by atoms with Gasteiger partial charge in [-0.15, -0.1) is 0 Å². The summed E-state index contributed by atoms with van der Waals surface area (Å²) in [5, 5.41) is 19.9. The van der Waals surface area contributed by atoms with Gasteiger partial charge in [0.05, 0.1) is 0 Å². The summed E-state index contributed by atoms with van der Waals surface area (Å²) in [6, 6.07) is 6.16. The van der Waals surface area contributed by atoms with E-state index in [0.29, 0.717) is 5.69 Å². The van der Waals surface area contributed by atoms with Crippen molar-refractivity contribution in [3.8, 4) is 0 Å². The number of hydrogen-bond donors (Lipinski definition) is 4. The topological polar surface area (TPSA) is 130 Å². The van der Waals surface area contributed by atoms with Crippen LogP contribution in [0, 0.1) is 0 Å². The number of nitrogens with two attached hydrogens (primary N) is 1. The predicted molar refractivity (Wildman–Crippen MR) is 85.2 cm³/mol. The SMILES string of the molecule is NC(=O)Nc1ccc([As](SCC(=O)O)SCC(=O)O)cc1. The first kappa shape index (κ1) is 17.7. The summed E-state index contributed by atoms with van der Waals surface area (Å²) < 4.78 is 0.912. The molecule has 0 saturated heterocycles. The average Bonchev–Trinajstić information content (AvgIpc) is 2.39. The molecule has 0 unspecified atom stereocenters. The summed E-state index contributed by atoms with van der Waals surface area (Å²) in [6.07, 6.45) is 0. The number of amides is 2. The molecule has 0 aliphatic heterocycles. The van der Waals surface area contributed by atoms with E-state index < -0.39 is 30.3 Å². The standard InChI is InChI=1S/C11H13AsN2O5S2/c13-11(19)14-8-3-1-7(2-4-8)12(20-5-9(15)16)21-6-10(17)18/h1-4H,5-6H2,(H,15,16)(H,17,18)(H3,13,14,19). The van der Waals surface area contributed by atoms with Crippen LogP contribution in [0.5, 0.6) is 0 Å². The van der Waals surface area contributed by atoms with Gasteiger partial charge in [-0.1, -0.05) is 0 Å². The van der Waals surface area contributed by atoms with Crippen LogP contribution in [0.4, 0.5) is 10.5 Å². The van der Waals surface area contributed by atoms with E-state index in [9.17, 15) is 14.4 Å². The number of carbonyl (C=O) groups is 3. The van der Waals surface area contributed by atoms with Crippen LogP contribution in [0.3, 0.4) is 0 Å². The summed E-state index contributed by atoms with van der Waals surface area (Å²) >= 11 is -1.91. The van der Waals surface area contributed by atoms with Crippen molar-refractivity contribution in [1.82, 2.24) is 0 Å². The molecule has 0 atom stereocenters. The van der Waals surface area contributed by atoms with Crippen LogP contribution in [0.25, 0.3) is 0 Å². The monoisotopic (exact) mass is 392 g/mol. The Labute approximate surface area is 131 Å². The van der Waals surface area contributed by atoms with E-state index in [1.54, 1.807) is 24.3 Å². The van der Waals surface area contributed by atoms with Crippen LogP contribution in [0.15, 0.2) is 24.3 Å². The minimum atomic E-state index is -1.91. The van der Waals surface area contributed by atoms with Gasteiger partial charge in [0.25, 0.3) is 0 Å². The molecule has 2 amide bonds. The van der Waals surface area contributed by atoms with Gasteiger partial charge in [-0.2, -0.15) is 0 Å². The molecule has 0 fully saturated rings. The molecular weight excluding hydrogens is 379 g/mol. The van der Waals surface area contributed by atoms with Crippen LogP contribution < -0.4 is 15.4 Å². The third kappa shape index (κ3) is 7.31. The molecular formula is C11H13AsN2O5S2. The van der Waals surface area contributed by atoms with Crippen molar-refractivity contribution in [3.05, 3.63) is 24.3 Å². The molecule has 0 radical (unpaired) electrons. The second-order valence-electron chi connectivity index (χ2n) is 3.63. The van der Waals surface area contributed by atoms with E-state index >= 15 is 0 Å². The number of nitrogens with one attached hydrogen (secondary N) is 1. The molecule has 5 N–H and O–H groups in total. The predicted octanol–water partition coefficient (Wildman–Crippen LogP) is 0.508. The number of carboxylic acid groups (broad SMARTS) is 2. The van der Waals surface area contributed by atoms with E-state index in [1.165, 1.54) is 20.0 Å². The fraction of sp³-hybridized carbons (Fsp3) is 0.182. The summed E-state index contributed by atoms with van der Waals surface area (Å²) in [4.78, 5) is 32.1. The molecule has 1 aromatic carbocycles. The fourth-order valence-electron chi connectivity index (χ4n) is 1.22. The Morgan fingerprint density at radius 3 is 1.90 bits per heavy atom. The Morgan fingerprint density at radius 2 is 1.52 bits per heavy atom. The molecule has 7 nitrogen and oxygen atoms in total. The second-order valence-corrected chi connectivity index (χ2v) is 15.1. The first-order valence-corrected chi connectivity index (χ1v) is 13.0. The zero-order valence-corrected chi connectivity index (χ0v) is 14.2. The van der Waals surface area contributed by atoms with Gasteiger partial charge in [0.15, 0.2) is 0 Å². The summed E-state index contributed by atoms with van der Waals surface area (Å²) in [6.45, 7) is 0. The summed E-state index contributed by atoms with van der Waals surface area (Å²) in [7, 11) is 2.56. The first-order valence-electron chi connectivity index (χ1n) is 5.54. The van der Waals surface area contributed by atoms with Crippen molar-refractivity contribution in [2.24, 2.45) is 5.73 Å². The number of carbonyl (C=O) groups excluding carboxylic acids is 1. The Hall–Kier alpha value is -1.31. The molecule has 21 heavy (non-hydrogen) atoms. The Bertz CT molecular complexity index is 508. The van der Waals surface area contributed by atoms with Crippen LogP contribution in [-0.2, 0) is 9.59 Å². The first-order chi connectivity index (χ1) is 9.88. The second kappa shape index (κ2) is 8.86. The van der Waals surface area contributed by atoms with Crippen molar-refractivity contribution in [2.45, 2.75) is 0 Å². The number of benzene rings is 1. The van der Waals surface area contributed by atoms with Crippen LogP contribution in [0.2, 0.25) is 0 Å². The molecule has 0 heterocycles. The minimum absolute atomic E-state index is 0.0616.